The van der Waals surface area contributed by atoms with Crippen LogP contribution in [0.2, 0.25) is 38.8 Å². The fourth-order valence-corrected chi connectivity index (χ4v) is 20.3. The van der Waals surface area contributed by atoms with E-state index >= 15 is 0 Å². The van der Waals surface area contributed by atoms with Crippen LogP contribution in [0.3, 0.4) is 0 Å². The third-order valence-corrected chi connectivity index (χ3v) is 20.7. The molecule has 0 aromatic rings. The van der Waals surface area contributed by atoms with Crippen LogP contribution in [0.15, 0.2) is 0 Å². The van der Waals surface area contributed by atoms with Gasteiger partial charge < -0.3 is 30.0 Å². The van der Waals surface area contributed by atoms with Crippen LogP contribution in [-0.4, -0.2) is 71.6 Å². The molecule has 2 rings (SSSR count). The first-order valence-electron chi connectivity index (χ1n) is 8.38. The summed E-state index contributed by atoms with van der Waals surface area (Å²) < 4.78 is 41.3. The standard InChI is InChI=1S/C11H30O7Si5/c1-19-14-20(2)16-22(4)18-23(5,17-21(3)15-19)8-6-7-12-9-11-10-13-11/h11,19-22H,6-10H2,1-5H3. The van der Waals surface area contributed by atoms with Gasteiger partial charge in [-0.3, -0.25) is 0 Å². The minimum Gasteiger partial charge on any atom is -0.420 e. The third-order valence-electron chi connectivity index (χ3n) is 3.61. The molecule has 0 amide bonds. The highest BCUT2D eigenvalue weighted by Gasteiger charge is 2.38. The summed E-state index contributed by atoms with van der Waals surface area (Å²) >= 11 is 0. The molecule has 0 radical (unpaired) electrons. The van der Waals surface area contributed by atoms with Crippen LogP contribution in [0.5, 0.6) is 0 Å². The lowest BCUT2D eigenvalue weighted by Gasteiger charge is -2.36. The lowest BCUT2D eigenvalue weighted by atomic mass is 10.5. The summed E-state index contributed by atoms with van der Waals surface area (Å²) in [5, 5.41) is 0. The third kappa shape index (κ3) is 8.15. The molecule has 5 atom stereocenters. The topological polar surface area (TPSA) is 67.9 Å². The molecule has 0 bridgehead atoms. The predicted octanol–water partition coefficient (Wildman–Crippen LogP) is 0.362. The van der Waals surface area contributed by atoms with E-state index in [1.165, 1.54) is 0 Å². The van der Waals surface area contributed by atoms with Gasteiger partial charge in [-0.2, -0.15) is 0 Å². The molecule has 5 unspecified atom stereocenters. The molecule has 0 saturated carbocycles. The Labute approximate surface area is 147 Å². The lowest BCUT2D eigenvalue weighted by molar-refractivity contribution is 0.115. The predicted molar refractivity (Wildman–Crippen MR) is 99.1 cm³/mol. The second-order valence-corrected chi connectivity index (χ2v) is 18.6. The van der Waals surface area contributed by atoms with Crippen molar-refractivity contribution in [1.29, 1.82) is 0 Å². The lowest BCUT2D eigenvalue weighted by Crippen LogP contribution is -2.52. The molecular formula is C11H30O7Si5. The van der Waals surface area contributed by atoms with E-state index in [0.29, 0.717) is 12.7 Å². The Hall–Kier alpha value is 0.804. The zero-order chi connectivity index (χ0) is 16.9. The van der Waals surface area contributed by atoms with Crippen molar-refractivity contribution in [2.24, 2.45) is 0 Å². The number of hydrogen-bond donors (Lipinski definition) is 0. The Morgan fingerprint density at radius 1 is 0.957 bits per heavy atom. The molecule has 136 valence electrons. The quantitative estimate of drug-likeness (QED) is 0.353. The summed E-state index contributed by atoms with van der Waals surface area (Å²) in [5.41, 5.74) is 0. The van der Waals surface area contributed by atoms with Gasteiger partial charge in [0.25, 0.3) is 37.1 Å². The highest BCUT2D eigenvalue weighted by atomic mass is 28.5. The first kappa shape index (κ1) is 20.1. The molecule has 2 aliphatic rings. The highest BCUT2D eigenvalue weighted by Crippen LogP contribution is 2.21. The molecule has 0 aromatic carbocycles. The Morgan fingerprint density at radius 2 is 1.48 bits per heavy atom. The number of hydrogen-bond acceptors (Lipinski definition) is 7. The summed E-state index contributed by atoms with van der Waals surface area (Å²) in [6, 6.07) is 0.909. The van der Waals surface area contributed by atoms with E-state index in [0.717, 1.165) is 25.7 Å². The molecular weight excluding hydrogens is 385 g/mol. The van der Waals surface area contributed by atoms with E-state index in [1.807, 2.05) is 0 Å². The maximum Gasteiger partial charge on any atom is 0.317 e. The monoisotopic (exact) mass is 414 g/mol. The summed E-state index contributed by atoms with van der Waals surface area (Å²) in [5.74, 6) is 0. The van der Waals surface area contributed by atoms with Gasteiger partial charge in [-0.25, -0.2) is 0 Å². The summed E-state index contributed by atoms with van der Waals surface area (Å²) in [4.78, 5) is 0. The first-order chi connectivity index (χ1) is 10.9. The minimum atomic E-state index is -2.27. The van der Waals surface area contributed by atoms with E-state index in [1.54, 1.807) is 0 Å². The minimum absolute atomic E-state index is 0.323. The van der Waals surface area contributed by atoms with Gasteiger partial charge in [0.15, 0.2) is 0 Å². The zero-order valence-electron chi connectivity index (χ0n) is 14.8. The van der Waals surface area contributed by atoms with E-state index < -0.39 is 45.7 Å². The summed E-state index contributed by atoms with van der Waals surface area (Å²) in [7, 11) is -8.98. The van der Waals surface area contributed by atoms with Crippen LogP contribution in [0.4, 0.5) is 0 Å². The molecule has 2 aliphatic heterocycles. The first-order valence-corrected chi connectivity index (χ1v) is 19.3. The molecule has 0 aliphatic carbocycles. The molecule has 2 fully saturated rings. The van der Waals surface area contributed by atoms with Crippen LogP contribution in [0.1, 0.15) is 6.42 Å². The fraction of sp³-hybridized carbons (Fsp3) is 1.00. The van der Waals surface area contributed by atoms with Gasteiger partial charge in [-0.05, 0) is 45.2 Å². The van der Waals surface area contributed by atoms with Gasteiger partial charge in [-0.15, -0.1) is 0 Å². The summed E-state index contributed by atoms with van der Waals surface area (Å²) in [6.45, 7) is 12.7. The molecule has 2 heterocycles. The molecule has 12 heteroatoms. The van der Waals surface area contributed by atoms with Crippen molar-refractivity contribution in [1.82, 2.24) is 0 Å². The van der Waals surface area contributed by atoms with E-state index in [-0.39, 0.29) is 0 Å². The van der Waals surface area contributed by atoms with Gasteiger partial charge in [-0.1, -0.05) is 0 Å². The average Bonchev–Trinajstić information content (AvgIpc) is 3.19. The average molecular weight is 415 g/mol. The second kappa shape index (κ2) is 9.49. The molecule has 23 heavy (non-hydrogen) atoms. The van der Waals surface area contributed by atoms with Gasteiger partial charge in [0.1, 0.15) is 6.10 Å². The summed E-state index contributed by atoms with van der Waals surface area (Å²) in [6.07, 6.45) is 1.26. The normalized spacial score (nSPS) is 42.4. The van der Waals surface area contributed by atoms with E-state index in [9.17, 15) is 0 Å². The van der Waals surface area contributed by atoms with E-state index in [4.69, 9.17) is 30.0 Å². The maximum atomic E-state index is 6.31. The van der Waals surface area contributed by atoms with Crippen molar-refractivity contribution in [2.45, 2.75) is 51.3 Å². The highest BCUT2D eigenvalue weighted by molar-refractivity contribution is 6.80. The van der Waals surface area contributed by atoms with Gasteiger partial charge in [0, 0.05) is 6.61 Å². The Kier molecular flexibility index (Phi) is 8.30. The van der Waals surface area contributed by atoms with Crippen molar-refractivity contribution in [2.75, 3.05) is 19.8 Å². The van der Waals surface area contributed by atoms with Gasteiger partial charge in [0.2, 0.25) is 0 Å². The zero-order valence-corrected chi connectivity index (χ0v) is 20.4. The van der Waals surface area contributed by atoms with Crippen LogP contribution in [0.25, 0.3) is 0 Å². The van der Waals surface area contributed by atoms with E-state index in [2.05, 4.69) is 32.7 Å². The van der Waals surface area contributed by atoms with Crippen molar-refractivity contribution >= 4 is 45.7 Å². The molecule has 2 saturated heterocycles. The van der Waals surface area contributed by atoms with Crippen LogP contribution < -0.4 is 0 Å². The van der Waals surface area contributed by atoms with Crippen molar-refractivity contribution in [3.8, 4) is 0 Å². The molecule has 0 N–H and O–H groups in total. The van der Waals surface area contributed by atoms with Gasteiger partial charge >= 0.3 is 8.56 Å². The molecule has 0 spiro atoms. The number of epoxide rings is 1. The Morgan fingerprint density at radius 3 is 2.00 bits per heavy atom. The molecule has 0 aromatic heterocycles. The Balaban J connectivity index is 1.83. The smallest absolute Gasteiger partial charge is 0.317 e. The SMILES string of the molecule is C[SiH]1O[SiH](C)O[SiH](C)O[Si](C)(CCCOCC2CO2)O[SiH](C)O1. The van der Waals surface area contributed by atoms with Crippen LogP contribution >= 0.6 is 0 Å². The van der Waals surface area contributed by atoms with Crippen LogP contribution in [0, 0.1) is 0 Å². The van der Waals surface area contributed by atoms with Crippen molar-refractivity contribution in [3.05, 3.63) is 0 Å². The largest absolute Gasteiger partial charge is 0.420 e. The Bertz CT molecular complexity index is 344. The molecule has 7 nitrogen and oxygen atoms in total. The van der Waals surface area contributed by atoms with Crippen LogP contribution in [-0.2, 0) is 30.0 Å². The number of rotatable bonds is 6. The van der Waals surface area contributed by atoms with Gasteiger partial charge in [0.05, 0.1) is 13.2 Å². The fourth-order valence-electron chi connectivity index (χ4n) is 2.65. The second-order valence-electron chi connectivity index (χ2n) is 6.18. The number of ether oxygens (including phenoxy) is 2. The van der Waals surface area contributed by atoms with Crippen molar-refractivity contribution in [3.63, 3.8) is 0 Å². The van der Waals surface area contributed by atoms with Crippen molar-refractivity contribution < 1.29 is 30.0 Å². The maximum absolute atomic E-state index is 6.31.